The van der Waals surface area contributed by atoms with Crippen LogP contribution in [0, 0.1) is 5.41 Å². The number of imide groups is 2. The number of carbonyl (C=O) groups is 3. The summed E-state index contributed by atoms with van der Waals surface area (Å²) in [6.45, 7) is 2.42. The third-order valence-electron chi connectivity index (χ3n) is 6.89. The average Bonchev–Trinajstić information content (AvgIpc) is 2.78. The molecule has 1 N–H and O–H groups in total. The summed E-state index contributed by atoms with van der Waals surface area (Å²) in [5.41, 5.74) is 1.79. The molecular weight excluding hydrogens is 392 g/mol. The minimum absolute atomic E-state index is 0.244. The summed E-state index contributed by atoms with van der Waals surface area (Å²) in [6, 6.07) is 16.8. The first-order chi connectivity index (χ1) is 15.0. The van der Waals surface area contributed by atoms with Gasteiger partial charge in [0.25, 0.3) is 0 Å². The Kier molecular flexibility index (Phi) is 4.78. The third kappa shape index (κ3) is 3.11. The molecule has 4 amide bonds. The van der Waals surface area contributed by atoms with Crippen LogP contribution >= 0.6 is 0 Å². The molecule has 160 valence electrons. The van der Waals surface area contributed by atoms with Crippen LogP contribution in [0.1, 0.15) is 11.1 Å². The lowest BCUT2D eigenvalue weighted by Crippen LogP contribution is -2.75. The van der Waals surface area contributed by atoms with E-state index in [1.165, 1.54) is 4.90 Å². The molecule has 0 bridgehead atoms. The molecule has 31 heavy (non-hydrogen) atoms. The number of carbonyl (C=O) groups excluding carboxylic acids is 3. The number of hydrogen-bond donors (Lipinski definition) is 1. The van der Waals surface area contributed by atoms with E-state index in [2.05, 4.69) is 21.2 Å². The van der Waals surface area contributed by atoms with Crippen molar-refractivity contribution < 1.29 is 14.4 Å². The predicted molar refractivity (Wildman–Crippen MR) is 117 cm³/mol. The largest absolute Gasteiger partial charge is 0.364 e. The Morgan fingerprint density at radius 3 is 2.55 bits per heavy atom. The Bertz CT molecular complexity index is 1040. The van der Waals surface area contributed by atoms with Crippen molar-refractivity contribution in [2.45, 2.75) is 18.9 Å². The van der Waals surface area contributed by atoms with Gasteiger partial charge >= 0.3 is 6.03 Å². The van der Waals surface area contributed by atoms with E-state index < -0.39 is 17.4 Å². The smallest absolute Gasteiger partial charge is 0.330 e. The number of piperazine rings is 1. The number of benzene rings is 2. The lowest BCUT2D eigenvalue weighted by Gasteiger charge is -2.55. The van der Waals surface area contributed by atoms with Crippen LogP contribution in [-0.2, 0) is 22.4 Å². The molecule has 0 unspecified atom stereocenters. The summed E-state index contributed by atoms with van der Waals surface area (Å²) in [5, 5.41) is 2.52. The van der Waals surface area contributed by atoms with Crippen molar-refractivity contribution in [3.05, 3.63) is 65.7 Å². The van der Waals surface area contributed by atoms with E-state index in [-0.39, 0.29) is 18.5 Å². The molecule has 0 saturated carbocycles. The molecule has 3 aliphatic heterocycles. The number of nitrogens with one attached hydrogen (secondary N) is 1. The Labute approximate surface area is 181 Å². The van der Waals surface area contributed by atoms with Gasteiger partial charge in [-0.3, -0.25) is 19.8 Å². The van der Waals surface area contributed by atoms with Crippen molar-refractivity contribution in [1.82, 2.24) is 15.1 Å². The summed E-state index contributed by atoms with van der Waals surface area (Å²) in [6.07, 6.45) is 0.854. The lowest BCUT2D eigenvalue weighted by molar-refractivity contribution is -0.154. The first-order valence-electron chi connectivity index (χ1n) is 10.7. The fourth-order valence-corrected chi connectivity index (χ4v) is 5.23. The van der Waals surface area contributed by atoms with Crippen LogP contribution in [0.3, 0.4) is 0 Å². The Hall–Kier alpha value is -3.19. The molecule has 2 saturated heterocycles. The van der Waals surface area contributed by atoms with Crippen LogP contribution in [0.25, 0.3) is 0 Å². The van der Waals surface area contributed by atoms with Gasteiger partial charge in [0, 0.05) is 31.9 Å². The fraction of sp³-hybridized carbons (Fsp3) is 0.375. The van der Waals surface area contributed by atoms with E-state index in [9.17, 15) is 14.4 Å². The Morgan fingerprint density at radius 2 is 1.74 bits per heavy atom. The van der Waals surface area contributed by atoms with Gasteiger partial charge in [0.1, 0.15) is 0 Å². The predicted octanol–water partition coefficient (Wildman–Crippen LogP) is 1.67. The number of fused-ring (bicyclic) bond motifs is 4. The quantitative estimate of drug-likeness (QED) is 0.768. The van der Waals surface area contributed by atoms with Crippen molar-refractivity contribution in [1.29, 1.82) is 0 Å². The van der Waals surface area contributed by atoms with Crippen molar-refractivity contribution >= 4 is 23.5 Å². The molecule has 0 aliphatic carbocycles. The minimum Gasteiger partial charge on any atom is -0.364 e. The van der Waals surface area contributed by atoms with Crippen LogP contribution in [-0.4, -0.2) is 66.9 Å². The summed E-state index contributed by atoms with van der Waals surface area (Å²) in [5.74, 6) is -0.852. The number of anilines is 1. The molecule has 2 atom stereocenters. The molecule has 0 aromatic heterocycles. The van der Waals surface area contributed by atoms with Crippen LogP contribution in [0.4, 0.5) is 10.5 Å². The highest BCUT2D eigenvalue weighted by atomic mass is 16.2. The van der Waals surface area contributed by atoms with Crippen LogP contribution in [0.2, 0.25) is 0 Å². The minimum atomic E-state index is -1.31. The highest BCUT2D eigenvalue weighted by Gasteiger charge is 2.62. The van der Waals surface area contributed by atoms with Gasteiger partial charge in [-0.15, -0.1) is 0 Å². The lowest BCUT2D eigenvalue weighted by atomic mass is 9.67. The van der Waals surface area contributed by atoms with E-state index in [1.54, 1.807) is 0 Å². The molecule has 5 rings (SSSR count). The average molecular weight is 418 g/mol. The van der Waals surface area contributed by atoms with E-state index in [0.29, 0.717) is 19.4 Å². The number of para-hydroxylation sites is 1. The molecule has 3 aliphatic rings. The van der Waals surface area contributed by atoms with Crippen molar-refractivity contribution in [2.75, 3.05) is 38.1 Å². The Morgan fingerprint density at radius 1 is 1.00 bits per heavy atom. The second kappa shape index (κ2) is 7.50. The van der Waals surface area contributed by atoms with E-state index >= 15 is 0 Å². The van der Waals surface area contributed by atoms with Gasteiger partial charge in [-0.1, -0.05) is 48.5 Å². The number of rotatable bonds is 3. The van der Waals surface area contributed by atoms with Crippen molar-refractivity contribution in [3.8, 4) is 0 Å². The zero-order valence-electron chi connectivity index (χ0n) is 17.6. The summed E-state index contributed by atoms with van der Waals surface area (Å²) < 4.78 is 0. The fourth-order valence-electron chi connectivity index (χ4n) is 5.23. The van der Waals surface area contributed by atoms with Gasteiger partial charge in [0.2, 0.25) is 11.8 Å². The van der Waals surface area contributed by atoms with Crippen LogP contribution < -0.4 is 10.2 Å². The molecule has 2 fully saturated rings. The third-order valence-corrected chi connectivity index (χ3v) is 6.89. The summed E-state index contributed by atoms with van der Waals surface area (Å²) in [7, 11) is 2.01. The molecule has 3 heterocycles. The van der Waals surface area contributed by atoms with E-state index in [4.69, 9.17) is 0 Å². The first-order valence-corrected chi connectivity index (χ1v) is 10.7. The maximum absolute atomic E-state index is 13.9. The van der Waals surface area contributed by atoms with Crippen LogP contribution in [0.15, 0.2) is 54.6 Å². The van der Waals surface area contributed by atoms with Gasteiger partial charge in [-0.25, -0.2) is 4.79 Å². The summed E-state index contributed by atoms with van der Waals surface area (Å²) >= 11 is 0. The van der Waals surface area contributed by atoms with E-state index in [0.717, 1.165) is 29.9 Å². The number of hydrogen-bond acceptors (Lipinski definition) is 5. The maximum Gasteiger partial charge on any atom is 0.330 e. The van der Waals surface area contributed by atoms with Crippen LogP contribution in [0.5, 0.6) is 0 Å². The standard InChI is InChI=1S/C24H26N4O3/c1-26-13-14-27-19-10-6-5-9-18(19)15-24(20(27)16-26)21(29)25-23(31)28(22(24)30)12-11-17-7-3-2-4-8-17/h2-10,20H,11-16H2,1H3,(H,25,29,31)/t20-,24+/m0/s1. The van der Waals surface area contributed by atoms with Gasteiger partial charge in [-0.05, 0) is 37.1 Å². The summed E-state index contributed by atoms with van der Waals surface area (Å²) in [4.78, 5) is 45.6. The van der Waals surface area contributed by atoms with Crippen molar-refractivity contribution in [2.24, 2.45) is 5.41 Å². The van der Waals surface area contributed by atoms with Gasteiger partial charge in [0.15, 0.2) is 5.41 Å². The first kappa shape index (κ1) is 19.8. The number of barbiturate groups is 1. The molecule has 7 heteroatoms. The highest BCUT2D eigenvalue weighted by Crippen LogP contribution is 2.45. The molecule has 0 radical (unpaired) electrons. The second-order valence-electron chi connectivity index (χ2n) is 8.70. The second-order valence-corrected chi connectivity index (χ2v) is 8.70. The number of urea groups is 1. The number of nitrogens with zero attached hydrogens (tertiary/aromatic N) is 3. The molecule has 1 spiro atoms. The van der Waals surface area contributed by atoms with Gasteiger partial charge in [-0.2, -0.15) is 0 Å². The number of amides is 4. The monoisotopic (exact) mass is 418 g/mol. The zero-order chi connectivity index (χ0) is 21.6. The van der Waals surface area contributed by atoms with Gasteiger partial charge < -0.3 is 9.80 Å². The topological polar surface area (TPSA) is 73.0 Å². The SMILES string of the molecule is CN1CCN2c3ccccc3C[C@]3(C(=O)NC(=O)N(CCc4ccccc4)C3=O)[C@@H]2C1. The normalized spacial score (nSPS) is 26.0. The van der Waals surface area contributed by atoms with Crippen molar-refractivity contribution in [3.63, 3.8) is 0 Å². The zero-order valence-corrected chi connectivity index (χ0v) is 17.6. The molecule has 2 aromatic rings. The van der Waals surface area contributed by atoms with E-state index in [1.807, 2.05) is 55.6 Å². The highest BCUT2D eigenvalue weighted by molar-refractivity contribution is 6.20. The molecular formula is C24H26N4O3. The Balaban J connectivity index is 1.53. The number of likely N-dealkylation sites (N-methyl/N-ethyl adjacent to an activating group) is 1. The molecule has 2 aromatic carbocycles. The van der Waals surface area contributed by atoms with Gasteiger partial charge in [0.05, 0.1) is 6.04 Å². The maximum atomic E-state index is 13.9. The molecule has 7 nitrogen and oxygen atoms in total.